The van der Waals surface area contributed by atoms with Crippen LogP contribution in [0.1, 0.15) is 35.7 Å². The molecule has 3 aromatic rings. The van der Waals surface area contributed by atoms with Gasteiger partial charge in [-0.25, -0.2) is 4.79 Å². The minimum Gasteiger partial charge on any atom is -0.339 e. The monoisotopic (exact) mass is 448 g/mol. The first-order valence-electron chi connectivity index (χ1n) is 11.4. The van der Waals surface area contributed by atoms with Crippen LogP contribution >= 0.6 is 0 Å². The van der Waals surface area contributed by atoms with Gasteiger partial charge in [-0.15, -0.1) is 0 Å². The van der Waals surface area contributed by atoms with Crippen LogP contribution < -0.4 is 11.2 Å². The van der Waals surface area contributed by atoms with E-state index < -0.39 is 5.69 Å². The summed E-state index contributed by atoms with van der Waals surface area (Å²) in [6, 6.07) is 14.9. The zero-order valence-electron chi connectivity index (χ0n) is 18.8. The molecule has 0 radical (unpaired) electrons. The van der Waals surface area contributed by atoms with Crippen LogP contribution in [0.15, 0.2) is 58.1 Å². The summed E-state index contributed by atoms with van der Waals surface area (Å²) in [5, 5.41) is 0.374. The van der Waals surface area contributed by atoms with E-state index in [1.807, 2.05) is 23.1 Å². The number of carbonyl (C=O) groups excluding carboxylic acids is 2. The van der Waals surface area contributed by atoms with Crippen LogP contribution in [0.3, 0.4) is 0 Å². The Kier molecular flexibility index (Phi) is 6.72. The molecule has 0 atom stereocenters. The SMILES string of the molecule is CCn1c(=O)[nH]c2cc(C(=O)N3CCN(C(=O)CCCc4ccccc4)CC3)ccc2c1=O. The third-order valence-electron chi connectivity index (χ3n) is 6.16. The number of benzene rings is 2. The van der Waals surface area contributed by atoms with Crippen LogP contribution in [0.25, 0.3) is 10.9 Å². The van der Waals surface area contributed by atoms with Gasteiger partial charge >= 0.3 is 5.69 Å². The number of hydrogen-bond donors (Lipinski definition) is 1. The van der Waals surface area contributed by atoms with E-state index in [2.05, 4.69) is 17.1 Å². The lowest BCUT2D eigenvalue weighted by atomic mass is 10.1. The van der Waals surface area contributed by atoms with Crippen molar-refractivity contribution in [1.82, 2.24) is 19.4 Å². The Labute approximate surface area is 191 Å². The molecule has 33 heavy (non-hydrogen) atoms. The third-order valence-corrected chi connectivity index (χ3v) is 6.16. The average Bonchev–Trinajstić information content (AvgIpc) is 2.84. The van der Waals surface area contributed by atoms with Gasteiger partial charge in [0.2, 0.25) is 5.91 Å². The Hall–Kier alpha value is -3.68. The number of aryl methyl sites for hydroxylation is 1. The van der Waals surface area contributed by atoms with Crippen molar-refractivity contribution in [3.05, 3.63) is 80.5 Å². The fourth-order valence-electron chi connectivity index (χ4n) is 4.26. The number of nitrogens with zero attached hydrogens (tertiary/aromatic N) is 3. The molecule has 1 fully saturated rings. The lowest BCUT2D eigenvalue weighted by Crippen LogP contribution is -2.50. The van der Waals surface area contributed by atoms with Crippen molar-refractivity contribution in [3.63, 3.8) is 0 Å². The molecule has 1 aliphatic heterocycles. The predicted molar refractivity (Wildman–Crippen MR) is 126 cm³/mol. The molecule has 172 valence electrons. The molecule has 2 aromatic carbocycles. The zero-order chi connectivity index (χ0) is 23.4. The molecule has 1 aliphatic rings. The van der Waals surface area contributed by atoms with Gasteiger partial charge in [0.05, 0.1) is 10.9 Å². The van der Waals surface area contributed by atoms with Crippen molar-refractivity contribution in [3.8, 4) is 0 Å². The standard InChI is InChI=1S/C25H28N4O4/c1-2-29-24(32)20-12-11-19(17-21(20)26-25(29)33)23(31)28-15-13-27(14-16-28)22(30)10-6-9-18-7-4-3-5-8-18/h3-5,7-8,11-12,17H,2,6,9-10,13-16H2,1H3,(H,26,33). The van der Waals surface area contributed by atoms with Crippen molar-refractivity contribution in [2.45, 2.75) is 32.7 Å². The van der Waals surface area contributed by atoms with Gasteiger partial charge in [0, 0.05) is 44.7 Å². The molecule has 0 bridgehead atoms. The number of aromatic nitrogens is 2. The van der Waals surface area contributed by atoms with Crippen LogP contribution in [-0.2, 0) is 17.8 Å². The first kappa shape index (κ1) is 22.5. The molecule has 2 amide bonds. The van der Waals surface area contributed by atoms with Gasteiger partial charge < -0.3 is 14.8 Å². The second kappa shape index (κ2) is 9.85. The number of amides is 2. The van der Waals surface area contributed by atoms with Gasteiger partial charge in [-0.05, 0) is 43.5 Å². The van der Waals surface area contributed by atoms with E-state index in [1.165, 1.54) is 5.56 Å². The van der Waals surface area contributed by atoms with E-state index in [0.717, 1.165) is 17.4 Å². The fourth-order valence-corrected chi connectivity index (χ4v) is 4.26. The van der Waals surface area contributed by atoms with E-state index in [-0.39, 0.29) is 23.9 Å². The number of nitrogens with one attached hydrogen (secondary N) is 1. The van der Waals surface area contributed by atoms with Crippen LogP contribution in [0.2, 0.25) is 0 Å². The molecule has 1 N–H and O–H groups in total. The highest BCUT2D eigenvalue weighted by Crippen LogP contribution is 2.14. The molecule has 8 heteroatoms. The van der Waals surface area contributed by atoms with E-state index in [1.54, 1.807) is 30.0 Å². The maximum absolute atomic E-state index is 13.0. The molecule has 0 unspecified atom stereocenters. The second-order valence-electron chi connectivity index (χ2n) is 8.25. The molecule has 1 aromatic heterocycles. The quantitative estimate of drug-likeness (QED) is 0.624. The van der Waals surface area contributed by atoms with Gasteiger partial charge in [0.1, 0.15) is 0 Å². The first-order valence-corrected chi connectivity index (χ1v) is 11.4. The summed E-state index contributed by atoms with van der Waals surface area (Å²) in [7, 11) is 0. The minimum atomic E-state index is -0.487. The predicted octanol–water partition coefficient (Wildman–Crippen LogP) is 2.02. The van der Waals surface area contributed by atoms with Crippen molar-refractivity contribution in [2.24, 2.45) is 0 Å². The number of H-pyrrole nitrogens is 1. The highest BCUT2D eigenvalue weighted by molar-refractivity contribution is 5.97. The summed E-state index contributed by atoms with van der Waals surface area (Å²) in [5.74, 6) is -0.0536. The molecule has 4 rings (SSSR count). The summed E-state index contributed by atoms with van der Waals surface area (Å²) >= 11 is 0. The summed E-state index contributed by atoms with van der Waals surface area (Å²) in [6.07, 6.45) is 2.17. The normalized spacial score (nSPS) is 14.0. The fraction of sp³-hybridized carbons (Fsp3) is 0.360. The maximum Gasteiger partial charge on any atom is 0.328 e. The Morgan fingerprint density at radius 1 is 0.939 bits per heavy atom. The van der Waals surface area contributed by atoms with E-state index in [9.17, 15) is 19.2 Å². The smallest absolute Gasteiger partial charge is 0.328 e. The van der Waals surface area contributed by atoms with Gasteiger partial charge in [-0.1, -0.05) is 30.3 Å². The summed E-state index contributed by atoms with van der Waals surface area (Å²) in [4.78, 5) is 56.3. The second-order valence-corrected chi connectivity index (χ2v) is 8.25. The highest BCUT2D eigenvalue weighted by Gasteiger charge is 2.25. The molecule has 0 aliphatic carbocycles. The van der Waals surface area contributed by atoms with E-state index in [4.69, 9.17) is 0 Å². The van der Waals surface area contributed by atoms with Crippen molar-refractivity contribution < 1.29 is 9.59 Å². The molecular formula is C25H28N4O4. The lowest BCUT2D eigenvalue weighted by molar-refractivity contribution is -0.132. The Morgan fingerprint density at radius 3 is 2.33 bits per heavy atom. The number of aromatic amines is 1. The molecule has 0 spiro atoms. The molecule has 1 saturated heterocycles. The molecule has 2 heterocycles. The number of fused-ring (bicyclic) bond motifs is 1. The largest absolute Gasteiger partial charge is 0.339 e. The number of piperazine rings is 1. The first-order chi connectivity index (χ1) is 16.0. The lowest BCUT2D eigenvalue weighted by Gasteiger charge is -2.35. The third kappa shape index (κ3) is 4.89. The molecule has 8 nitrogen and oxygen atoms in total. The number of rotatable bonds is 6. The Bertz CT molecular complexity index is 1270. The van der Waals surface area contributed by atoms with Crippen LogP contribution in [0.4, 0.5) is 0 Å². The van der Waals surface area contributed by atoms with Gasteiger partial charge in [-0.3, -0.25) is 19.0 Å². The summed E-state index contributed by atoms with van der Waals surface area (Å²) in [6.45, 7) is 3.92. The van der Waals surface area contributed by atoms with Crippen LogP contribution in [0, 0.1) is 0 Å². The van der Waals surface area contributed by atoms with Gasteiger partial charge in [-0.2, -0.15) is 0 Å². The van der Waals surface area contributed by atoms with Crippen LogP contribution in [-0.4, -0.2) is 57.3 Å². The molecular weight excluding hydrogens is 420 g/mol. The van der Waals surface area contributed by atoms with E-state index >= 15 is 0 Å². The number of carbonyl (C=O) groups is 2. The maximum atomic E-state index is 13.0. The summed E-state index contributed by atoms with van der Waals surface area (Å²) in [5.41, 5.74) is 1.14. The Morgan fingerprint density at radius 2 is 1.64 bits per heavy atom. The van der Waals surface area contributed by atoms with Crippen molar-refractivity contribution >= 4 is 22.7 Å². The van der Waals surface area contributed by atoms with Crippen molar-refractivity contribution in [2.75, 3.05) is 26.2 Å². The van der Waals surface area contributed by atoms with Gasteiger partial charge in [0.25, 0.3) is 11.5 Å². The van der Waals surface area contributed by atoms with Gasteiger partial charge in [0.15, 0.2) is 0 Å². The average molecular weight is 449 g/mol. The molecule has 0 saturated carbocycles. The summed E-state index contributed by atoms with van der Waals surface area (Å²) < 4.78 is 1.12. The zero-order valence-corrected chi connectivity index (χ0v) is 18.8. The van der Waals surface area contributed by atoms with Crippen molar-refractivity contribution in [1.29, 1.82) is 0 Å². The van der Waals surface area contributed by atoms with Crippen LogP contribution in [0.5, 0.6) is 0 Å². The highest BCUT2D eigenvalue weighted by atomic mass is 16.2. The topological polar surface area (TPSA) is 95.5 Å². The minimum absolute atomic E-state index is 0.119. The Balaban J connectivity index is 1.35. The van der Waals surface area contributed by atoms with E-state index in [0.29, 0.717) is 49.1 Å². The number of hydrogen-bond acceptors (Lipinski definition) is 4.